The summed E-state index contributed by atoms with van der Waals surface area (Å²) in [4.78, 5) is 31.8. The maximum atomic E-state index is 12.9. The quantitative estimate of drug-likeness (QED) is 0.797. The first-order valence-corrected chi connectivity index (χ1v) is 10.4. The van der Waals surface area contributed by atoms with Crippen molar-refractivity contribution in [3.8, 4) is 5.75 Å². The normalized spacial score (nSPS) is 18.1. The summed E-state index contributed by atoms with van der Waals surface area (Å²) in [6, 6.07) is 13.1. The zero-order valence-electron chi connectivity index (χ0n) is 17.1. The fourth-order valence-electron chi connectivity index (χ4n) is 3.02. The molecule has 7 heteroatoms. The number of amides is 2. The van der Waals surface area contributed by atoms with Gasteiger partial charge in [0.25, 0.3) is 0 Å². The number of carbonyl (C=O) groups is 2. The van der Waals surface area contributed by atoms with Crippen LogP contribution in [0.4, 0.5) is 11.4 Å². The van der Waals surface area contributed by atoms with E-state index in [2.05, 4.69) is 10.3 Å². The topological polar surface area (TPSA) is 71.0 Å². The van der Waals surface area contributed by atoms with Crippen molar-refractivity contribution >= 4 is 40.1 Å². The van der Waals surface area contributed by atoms with E-state index in [0.717, 1.165) is 11.3 Å². The highest BCUT2D eigenvalue weighted by molar-refractivity contribution is 8.15. The highest BCUT2D eigenvalue weighted by Crippen LogP contribution is 2.31. The van der Waals surface area contributed by atoms with Gasteiger partial charge in [0.05, 0.1) is 18.5 Å². The molecule has 0 saturated carbocycles. The molecule has 1 fully saturated rings. The Kier molecular flexibility index (Phi) is 6.59. The van der Waals surface area contributed by atoms with Gasteiger partial charge in [0.15, 0.2) is 5.17 Å². The van der Waals surface area contributed by atoms with Gasteiger partial charge in [-0.05, 0) is 56.2 Å². The number of benzene rings is 2. The Morgan fingerprint density at radius 1 is 1.24 bits per heavy atom. The Morgan fingerprint density at radius 2 is 2.00 bits per heavy atom. The minimum atomic E-state index is -0.555. The molecular weight excluding hydrogens is 386 g/mol. The monoisotopic (exact) mass is 411 g/mol. The summed E-state index contributed by atoms with van der Waals surface area (Å²) >= 11 is 1.32. The highest BCUT2D eigenvalue weighted by atomic mass is 32.2. The van der Waals surface area contributed by atoms with E-state index in [0.29, 0.717) is 23.1 Å². The summed E-state index contributed by atoms with van der Waals surface area (Å²) in [5.41, 5.74) is 3.67. The van der Waals surface area contributed by atoms with Crippen LogP contribution in [0.5, 0.6) is 5.75 Å². The Hall–Kier alpha value is -2.80. The second kappa shape index (κ2) is 9.13. The summed E-state index contributed by atoms with van der Waals surface area (Å²) in [5, 5.41) is 2.87. The molecule has 2 amide bonds. The van der Waals surface area contributed by atoms with Crippen LogP contribution in [0.1, 0.15) is 24.5 Å². The van der Waals surface area contributed by atoms with Crippen molar-refractivity contribution in [2.45, 2.75) is 32.4 Å². The Morgan fingerprint density at radius 3 is 2.69 bits per heavy atom. The molecule has 152 valence electrons. The highest BCUT2D eigenvalue weighted by Gasteiger charge is 2.35. The molecule has 0 aliphatic carbocycles. The van der Waals surface area contributed by atoms with E-state index in [1.807, 2.05) is 51.1 Å². The van der Waals surface area contributed by atoms with Gasteiger partial charge >= 0.3 is 0 Å². The zero-order valence-corrected chi connectivity index (χ0v) is 17.9. The summed E-state index contributed by atoms with van der Waals surface area (Å²) in [6.07, 6.45) is 0.130. The Balaban J connectivity index is 1.84. The molecule has 1 heterocycles. The van der Waals surface area contributed by atoms with Gasteiger partial charge in [-0.25, -0.2) is 4.99 Å². The number of carbonyl (C=O) groups excluding carboxylic acids is 2. The van der Waals surface area contributed by atoms with Crippen LogP contribution in [0, 0.1) is 13.8 Å². The first-order chi connectivity index (χ1) is 13.9. The maximum Gasteiger partial charge on any atom is 0.238 e. The van der Waals surface area contributed by atoms with Crippen molar-refractivity contribution in [2.24, 2.45) is 4.99 Å². The van der Waals surface area contributed by atoms with Crippen molar-refractivity contribution < 1.29 is 14.3 Å². The maximum absolute atomic E-state index is 12.9. The van der Waals surface area contributed by atoms with Crippen LogP contribution in [0.25, 0.3) is 0 Å². The van der Waals surface area contributed by atoms with E-state index in [1.165, 1.54) is 17.3 Å². The van der Waals surface area contributed by atoms with Crippen molar-refractivity contribution in [1.29, 1.82) is 0 Å². The molecule has 6 nitrogen and oxygen atoms in total. The first-order valence-electron chi connectivity index (χ1n) is 9.49. The number of para-hydroxylation sites is 2. The molecule has 29 heavy (non-hydrogen) atoms. The van der Waals surface area contributed by atoms with Crippen molar-refractivity contribution in [3.05, 3.63) is 53.6 Å². The molecule has 1 N–H and O–H groups in total. The minimum Gasteiger partial charge on any atom is -0.495 e. The lowest BCUT2D eigenvalue weighted by Gasteiger charge is -2.31. The number of nitrogens with one attached hydrogen (secondary N) is 1. The SMILES string of the molecule is CCN1C(=O)CC(C(=O)Nc2ccccc2OC)SC1=Nc1ccc(C)c(C)c1. The van der Waals surface area contributed by atoms with E-state index in [4.69, 9.17) is 4.74 Å². The fourth-order valence-corrected chi connectivity index (χ4v) is 4.18. The number of methoxy groups -OCH3 is 1. The summed E-state index contributed by atoms with van der Waals surface area (Å²) < 4.78 is 5.29. The molecule has 1 aliphatic heterocycles. The number of thioether (sulfide) groups is 1. The molecule has 1 atom stereocenters. The average Bonchev–Trinajstić information content (AvgIpc) is 2.71. The second-order valence-electron chi connectivity index (χ2n) is 6.80. The number of hydrogen-bond acceptors (Lipinski definition) is 5. The van der Waals surface area contributed by atoms with E-state index in [-0.39, 0.29) is 18.2 Å². The van der Waals surface area contributed by atoms with Gasteiger partial charge in [0.2, 0.25) is 11.8 Å². The molecule has 2 aromatic rings. The largest absolute Gasteiger partial charge is 0.495 e. The van der Waals surface area contributed by atoms with Gasteiger partial charge in [-0.2, -0.15) is 0 Å². The van der Waals surface area contributed by atoms with Gasteiger partial charge in [0, 0.05) is 13.0 Å². The predicted octanol–water partition coefficient (Wildman–Crippen LogP) is 4.29. The number of anilines is 1. The third-order valence-corrected chi connectivity index (χ3v) is 6.02. The fraction of sp³-hybridized carbons (Fsp3) is 0.318. The second-order valence-corrected chi connectivity index (χ2v) is 7.97. The lowest BCUT2D eigenvalue weighted by atomic mass is 10.1. The molecule has 0 aromatic heterocycles. The van der Waals surface area contributed by atoms with Crippen LogP contribution in [-0.4, -0.2) is 40.8 Å². The van der Waals surface area contributed by atoms with E-state index in [1.54, 1.807) is 24.1 Å². The molecule has 3 rings (SSSR count). The summed E-state index contributed by atoms with van der Waals surface area (Å²) in [7, 11) is 1.55. The number of hydrogen-bond donors (Lipinski definition) is 1. The molecule has 0 radical (unpaired) electrons. The number of amidine groups is 1. The predicted molar refractivity (Wildman–Crippen MR) is 118 cm³/mol. The number of nitrogens with zero attached hydrogens (tertiary/aromatic N) is 2. The van der Waals surface area contributed by atoms with Crippen molar-refractivity contribution in [1.82, 2.24) is 4.90 Å². The van der Waals surface area contributed by atoms with Crippen LogP contribution in [0.2, 0.25) is 0 Å². The third-order valence-electron chi connectivity index (χ3n) is 4.83. The van der Waals surface area contributed by atoms with Crippen molar-refractivity contribution in [2.75, 3.05) is 19.0 Å². The van der Waals surface area contributed by atoms with Crippen LogP contribution < -0.4 is 10.1 Å². The molecule has 0 bridgehead atoms. The number of rotatable bonds is 5. The lowest BCUT2D eigenvalue weighted by molar-refractivity contribution is -0.129. The van der Waals surface area contributed by atoms with Crippen molar-refractivity contribution in [3.63, 3.8) is 0 Å². The molecule has 1 saturated heterocycles. The Bertz CT molecular complexity index is 958. The number of aliphatic imine (C=N–C) groups is 1. The van der Waals surface area contributed by atoms with E-state index < -0.39 is 5.25 Å². The van der Waals surface area contributed by atoms with Gasteiger partial charge < -0.3 is 10.1 Å². The number of ether oxygens (including phenoxy) is 1. The molecule has 2 aromatic carbocycles. The molecular formula is C22H25N3O3S. The summed E-state index contributed by atoms with van der Waals surface area (Å²) in [6.45, 7) is 6.49. The van der Waals surface area contributed by atoms with Gasteiger partial charge in [-0.3, -0.25) is 14.5 Å². The first kappa shape index (κ1) is 20.9. The van der Waals surface area contributed by atoms with Crippen LogP contribution >= 0.6 is 11.8 Å². The van der Waals surface area contributed by atoms with Gasteiger partial charge in [-0.1, -0.05) is 30.0 Å². The third kappa shape index (κ3) is 4.79. The lowest BCUT2D eigenvalue weighted by Crippen LogP contribution is -2.45. The van der Waals surface area contributed by atoms with Gasteiger partial charge in [0.1, 0.15) is 11.0 Å². The molecule has 0 spiro atoms. The minimum absolute atomic E-state index is 0.103. The average molecular weight is 412 g/mol. The van der Waals surface area contributed by atoms with Gasteiger partial charge in [-0.15, -0.1) is 0 Å². The summed E-state index contributed by atoms with van der Waals surface area (Å²) in [5.74, 6) is 0.234. The zero-order chi connectivity index (χ0) is 21.0. The van der Waals surface area contributed by atoms with Crippen LogP contribution in [-0.2, 0) is 9.59 Å². The van der Waals surface area contributed by atoms with Crippen LogP contribution in [0.3, 0.4) is 0 Å². The smallest absolute Gasteiger partial charge is 0.238 e. The molecule has 1 unspecified atom stereocenters. The van der Waals surface area contributed by atoms with E-state index in [9.17, 15) is 9.59 Å². The van der Waals surface area contributed by atoms with E-state index >= 15 is 0 Å². The Labute approximate surface area is 175 Å². The number of aryl methyl sites for hydroxylation is 2. The standard InChI is InChI=1S/C22H25N3O3S/c1-5-25-20(26)13-19(21(27)24-17-8-6-7-9-18(17)28-4)29-22(25)23-16-11-10-14(2)15(3)12-16/h6-12,19H,5,13H2,1-4H3,(H,24,27). The van der Waals surface area contributed by atoms with Crippen LogP contribution in [0.15, 0.2) is 47.5 Å². The molecule has 1 aliphatic rings.